The number of benzene rings is 1. The van der Waals surface area contributed by atoms with Crippen LogP contribution in [0.1, 0.15) is 44.7 Å². The third-order valence-corrected chi connectivity index (χ3v) is 4.81. The molecule has 0 radical (unpaired) electrons. The second-order valence-electron chi connectivity index (χ2n) is 7.08. The molecular weight excluding hydrogens is 297 g/mol. The summed E-state index contributed by atoms with van der Waals surface area (Å²) in [7, 11) is 0. The summed E-state index contributed by atoms with van der Waals surface area (Å²) in [5, 5.41) is 0. The molecule has 1 heterocycles. The highest BCUT2D eigenvalue weighted by atomic mass is 19.1. The Morgan fingerprint density at radius 2 is 1.96 bits per heavy atom. The summed E-state index contributed by atoms with van der Waals surface area (Å²) in [6.07, 6.45) is 7.42. The van der Waals surface area contributed by atoms with Crippen molar-refractivity contribution in [3.8, 4) is 0 Å². The molecule has 1 aliphatic rings. The number of likely N-dealkylation sites (tertiary alicyclic amines) is 1. The molecule has 24 heavy (non-hydrogen) atoms. The molecule has 0 N–H and O–H groups in total. The van der Waals surface area contributed by atoms with Crippen LogP contribution in [0.15, 0.2) is 53.8 Å². The third-order valence-electron chi connectivity index (χ3n) is 4.81. The van der Waals surface area contributed by atoms with Crippen molar-refractivity contribution in [2.45, 2.75) is 47.0 Å². The molecule has 0 saturated carbocycles. The summed E-state index contributed by atoms with van der Waals surface area (Å²) >= 11 is 0. The highest BCUT2D eigenvalue weighted by Crippen LogP contribution is 2.27. The van der Waals surface area contributed by atoms with Gasteiger partial charge in [-0.05, 0) is 75.6 Å². The normalized spacial score (nSPS) is 17.3. The Bertz CT molecular complexity index is 646. The average Bonchev–Trinajstić information content (AvgIpc) is 2.51. The van der Waals surface area contributed by atoms with Crippen molar-refractivity contribution in [2.75, 3.05) is 13.1 Å². The van der Waals surface area contributed by atoms with E-state index in [1.807, 2.05) is 26.0 Å². The molecule has 1 aromatic rings. The molecule has 1 saturated heterocycles. The summed E-state index contributed by atoms with van der Waals surface area (Å²) in [6.45, 7) is 14.3. The molecule has 1 fully saturated rings. The first kappa shape index (κ1) is 18.5. The smallest absolute Gasteiger partial charge is 0.126 e. The van der Waals surface area contributed by atoms with Crippen LogP contribution in [-0.2, 0) is 6.42 Å². The Morgan fingerprint density at radius 1 is 1.29 bits per heavy atom. The van der Waals surface area contributed by atoms with Gasteiger partial charge in [-0.1, -0.05) is 36.4 Å². The topological polar surface area (TPSA) is 3.24 Å². The van der Waals surface area contributed by atoms with Gasteiger partial charge in [-0.3, -0.25) is 0 Å². The molecule has 2 heteroatoms. The van der Waals surface area contributed by atoms with E-state index in [9.17, 15) is 4.39 Å². The molecule has 130 valence electrons. The van der Waals surface area contributed by atoms with Crippen molar-refractivity contribution in [2.24, 2.45) is 5.92 Å². The van der Waals surface area contributed by atoms with Gasteiger partial charge in [-0.2, -0.15) is 0 Å². The lowest BCUT2D eigenvalue weighted by molar-refractivity contribution is 0.228. The molecule has 2 rings (SSSR count). The number of aryl methyl sites for hydroxylation is 1. The van der Waals surface area contributed by atoms with Crippen LogP contribution in [0, 0.1) is 18.7 Å². The zero-order chi connectivity index (χ0) is 17.7. The largest absolute Gasteiger partial charge is 0.372 e. The van der Waals surface area contributed by atoms with Gasteiger partial charge < -0.3 is 4.90 Å². The maximum Gasteiger partial charge on any atom is 0.126 e. The second-order valence-corrected chi connectivity index (χ2v) is 7.08. The number of hydrogen-bond donors (Lipinski definition) is 0. The summed E-state index contributed by atoms with van der Waals surface area (Å²) in [5.74, 6) is 0.522. The van der Waals surface area contributed by atoms with E-state index in [2.05, 4.69) is 37.5 Å². The molecule has 1 nitrogen and oxygen atoms in total. The molecular formula is C22H30FN. The van der Waals surface area contributed by atoms with Crippen LogP contribution in [0.2, 0.25) is 0 Å². The Morgan fingerprint density at radius 3 is 2.50 bits per heavy atom. The number of nitrogens with zero attached hydrogens (tertiary/aromatic N) is 1. The van der Waals surface area contributed by atoms with Crippen LogP contribution in [-0.4, -0.2) is 18.0 Å². The SMILES string of the molecule is C=C(C)/C=C(C)\C(=C/C)N1CCC(Cc2ccc(C)cc2F)CC1. The van der Waals surface area contributed by atoms with Gasteiger partial charge >= 0.3 is 0 Å². The monoisotopic (exact) mass is 327 g/mol. The Kier molecular flexibility index (Phi) is 6.42. The van der Waals surface area contributed by atoms with Gasteiger partial charge in [0.1, 0.15) is 5.82 Å². The fourth-order valence-corrected chi connectivity index (χ4v) is 3.61. The lowest BCUT2D eigenvalue weighted by Gasteiger charge is -2.35. The molecule has 0 aliphatic carbocycles. The van der Waals surface area contributed by atoms with E-state index in [0.717, 1.165) is 49.1 Å². The van der Waals surface area contributed by atoms with Gasteiger partial charge in [0.2, 0.25) is 0 Å². The molecule has 0 amide bonds. The van der Waals surface area contributed by atoms with Crippen LogP contribution in [0.5, 0.6) is 0 Å². The van der Waals surface area contributed by atoms with E-state index in [4.69, 9.17) is 0 Å². The van der Waals surface area contributed by atoms with Gasteiger partial charge in [0, 0.05) is 18.8 Å². The van der Waals surface area contributed by atoms with Gasteiger partial charge in [-0.25, -0.2) is 4.39 Å². The van der Waals surface area contributed by atoms with Crippen LogP contribution < -0.4 is 0 Å². The van der Waals surface area contributed by atoms with Crippen LogP contribution in [0.4, 0.5) is 4.39 Å². The summed E-state index contributed by atoms with van der Waals surface area (Å²) in [4.78, 5) is 2.46. The summed E-state index contributed by atoms with van der Waals surface area (Å²) < 4.78 is 14.1. The molecule has 0 unspecified atom stereocenters. The van der Waals surface area contributed by atoms with Gasteiger partial charge in [-0.15, -0.1) is 0 Å². The minimum absolute atomic E-state index is 0.0493. The van der Waals surface area contributed by atoms with Crippen LogP contribution >= 0.6 is 0 Å². The molecule has 1 aromatic carbocycles. The fraction of sp³-hybridized carbons (Fsp3) is 0.455. The number of allylic oxidation sites excluding steroid dienone is 4. The van der Waals surface area contributed by atoms with Crippen molar-refractivity contribution in [1.29, 1.82) is 0 Å². The zero-order valence-electron chi connectivity index (χ0n) is 15.5. The average molecular weight is 327 g/mol. The number of piperidine rings is 1. The Labute approximate surface area is 146 Å². The molecule has 1 aliphatic heterocycles. The minimum atomic E-state index is -0.0493. The third kappa shape index (κ3) is 4.83. The van der Waals surface area contributed by atoms with Crippen LogP contribution in [0.25, 0.3) is 0 Å². The van der Waals surface area contributed by atoms with Crippen molar-refractivity contribution in [3.63, 3.8) is 0 Å². The first-order valence-electron chi connectivity index (χ1n) is 8.91. The minimum Gasteiger partial charge on any atom is -0.372 e. The number of halogens is 1. The first-order chi connectivity index (χ1) is 11.4. The highest BCUT2D eigenvalue weighted by Gasteiger charge is 2.22. The van der Waals surface area contributed by atoms with Gasteiger partial charge in [0.25, 0.3) is 0 Å². The van der Waals surface area contributed by atoms with Crippen LogP contribution in [0.3, 0.4) is 0 Å². The maximum atomic E-state index is 14.1. The predicted octanol–water partition coefficient (Wildman–Crippen LogP) is 5.81. The van der Waals surface area contributed by atoms with Crippen molar-refractivity contribution in [3.05, 3.63) is 70.7 Å². The summed E-state index contributed by atoms with van der Waals surface area (Å²) in [6, 6.07) is 5.61. The van der Waals surface area contributed by atoms with E-state index in [0.29, 0.717) is 5.92 Å². The van der Waals surface area contributed by atoms with Crippen molar-refractivity contribution >= 4 is 0 Å². The number of rotatable bonds is 5. The Hall–Kier alpha value is -1.83. The van der Waals surface area contributed by atoms with Crippen molar-refractivity contribution < 1.29 is 4.39 Å². The molecule has 0 atom stereocenters. The van der Waals surface area contributed by atoms with E-state index in [1.165, 1.54) is 11.3 Å². The molecule has 0 aromatic heterocycles. The van der Waals surface area contributed by atoms with E-state index in [-0.39, 0.29) is 5.82 Å². The second kappa shape index (κ2) is 8.32. The number of hydrogen-bond acceptors (Lipinski definition) is 1. The maximum absolute atomic E-state index is 14.1. The van der Waals surface area contributed by atoms with E-state index >= 15 is 0 Å². The zero-order valence-corrected chi connectivity index (χ0v) is 15.5. The Balaban J connectivity index is 1.96. The fourth-order valence-electron chi connectivity index (χ4n) is 3.61. The van der Waals surface area contributed by atoms with E-state index in [1.54, 1.807) is 6.07 Å². The lowest BCUT2D eigenvalue weighted by Crippen LogP contribution is -2.34. The lowest BCUT2D eigenvalue weighted by atomic mass is 9.89. The highest BCUT2D eigenvalue weighted by molar-refractivity contribution is 5.33. The van der Waals surface area contributed by atoms with E-state index < -0.39 is 0 Å². The molecule has 0 bridgehead atoms. The van der Waals surface area contributed by atoms with Crippen molar-refractivity contribution in [1.82, 2.24) is 4.90 Å². The van der Waals surface area contributed by atoms with Gasteiger partial charge in [0.15, 0.2) is 0 Å². The quantitative estimate of drug-likeness (QED) is 0.616. The standard InChI is InChI=1S/C22H30FN/c1-6-22(18(5)13-16(2)3)24-11-9-19(10-12-24)15-20-8-7-17(4)14-21(20)23/h6-8,13-14,19H,2,9-12,15H2,1,3-5H3/b18-13-,22-6+. The molecule has 0 spiro atoms. The predicted molar refractivity (Wildman–Crippen MR) is 101 cm³/mol. The first-order valence-corrected chi connectivity index (χ1v) is 8.91. The summed E-state index contributed by atoms with van der Waals surface area (Å²) in [5.41, 5.74) is 5.51. The van der Waals surface area contributed by atoms with Gasteiger partial charge in [0.05, 0.1) is 0 Å².